The maximum atomic E-state index is 12.8. The van der Waals surface area contributed by atoms with Gasteiger partial charge in [0.15, 0.2) is 5.78 Å². The molecular weight excluding hydrogens is 376 g/mol. The number of carbonyl (C=O) groups excluding carboxylic acids is 2. The average Bonchev–Trinajstić information content (AvgIpc) is 3.25. The molecule has 1 heterocycles. The molecule has 1 N–H and O–H groups in total. The molecule has 30 heavy (non-hydrogen) atoms. The third kappa shape index (κ3) is 2.92. The van der Waals surface area contributed by atoms with Crippen molar-refractivity contribution in [2.24, 2.45) is 0 Å². The zero-order valence-corrected chi connectivity index (χ0v) is 16.5. The first-order valence-corrected chi connectivity index (χ1v) is 9.65. The minimum Gasteiger partial charge on any atom is -0.441 e. The molecule has 0 fully saturated rings. The molecule has 1 aliphatic carbocycles. The summed E-state index contributed by atoms with van der Waals surface area (Å²) in [5.74, 6) is 0.954. The number of nitrogens with one attached hydrogen (secondary N) is 1. The number of nitrogens with zero attached hydrogens (tertiary/aromatic N) is 1. The van der Waals surface area contributed by atoms with E-state index in [1.807, 2.05) is 62.4 Å². The molecule has 0 bridgehead atoms. The number of rotatable bonds is 3. The molecule has 4 aromatic rings. The van der Waals surface area contributed by atoms with Crippen LogP contribution in [0.4, 0.5) is 5.69 Å². The van der Waals surface area contributed by atoms with Crippen molar-refractivity contribution in [2.45, 2.75) is 13.8 Å². The molecule has 0 atom stereocenters. The number of hydrogen-bond donors (Lipinski definition) is 1. The van der Waals surface area contributed by atoms with E-state index in [1.165, 1.54) is 0 Å². The van der Waals surface area contributed by atoms with Crippen LogP contribution in [0.5, 0.6) is 0 Å². The Kier molecular flexibility index (Phi) is 4.10. The molecule has 1 amide bonds. The molecule has 5 rings (SSSR count). The van der Waals surface area contributed by atoms with Gasteiger partial charge in [0.1, 0.15) is 5.76 Å². The lowest BCUT2D eigenvalue weighted by Gasteiger charge is -2.08. The van der Waals surface area contributed by atoms with Crippen LogP contribution in [0.1, 0.15) is 37.7 Å². The van der Waals surface area contributed by atoms with Crippen LogP contribution in [0.15, 0.2) is 71.1 Å². The zero-order valence-electron chi connectivity index (χ0n) is 16.5. The Morgan fingerprint density at radius 3 is 2.40 bits per heavy atom. The smallest absolute Gasteiger partial charge is 0.255 e. The summed E-state index contributed by atoms with van der Waals surface area (Å²) < 4.78 is 5.68. The van der Waals surface area contributed by atoms with Gasteiger partial charge in [-0.25, -0.2) is 4.98 Å². The molecule has 1 aromatic heterocycles. The lowest BCUT2D eigenvalue weighted by molar-refractivity contribution is 0.102. The molecule has 0 radical (unpaired) electrons. The fourth-order valence-electron chi connectivity index (χ4n) is 3.70. The summed E-state index contributed by atoms with van der Waals surface area (Å²) in [6.45, 7) is 3.76. The number of fused-ring (bicyclic) bond motifs is 3. The fourth-order valence-corrected chi connectivity index (χ4v) is 3.70. The number of aromatic nitrogens is 1. The van der Waals surface area contributed by atoms with Crippen LogP contribution in [-0.2, 0) is 0 Å². The second-order valence-corrected chi connectivity index (χ2v) is 7.33. The predicted octanol–water partition coefficient (Wildman–Crippen LogP) is 5.42. The minimum atomic E-state index is -0.279. The first-order chi connectivity index (χ1) is 14.5. The van der Waals surface area contributed by atoms with E-state index in [4.69, 9.17) is 4.42 Å². The molecule has 5 heteroatoms. The molecule has 0 saturated heterocycles. The number of aryl methyl sites for hydroxylation is 2. The zero-order chi connectivity index (χ0) is 20.8. The summed E-state index contributed by atoms with van der Waals surface area (Å²) >= 11 is 0. The molecule has 0 unspecified atom stereocenters. The van der Waals surface area contributed by atoms with Gasteiger partial charge in [0.25, 0.3) is 5.91 Å². The number of anilines is 1. The summed E-state index contributed by atoms with van der Waals surface area (Å²) in [7, 11) is 0. The molecular formula is C25H18N2O3. The van der Waals surface area contributed by atoms with Gasteiger partial charge in [0.2, 0.25) is 5.89 Å². The molecule has 146 valence electrons. The maximum absolute atomic E-state index is 12.8. The minimum absolute atomic E-state index is 0.0492. The lowest BCUT2D eigenvalue weighted by atomic mass is 10.0. The number of oxazole rings is 1. The fraction of sp³-hybridized carbons (Fsp3) is 0.0800. The van der Waals surface area contributed by atoms with Crippen LogP contribution in [-0.4, -0.2) is 16.7 Å². The molecule has 0 aliphatic heterocycles. The van der Waals surface area contributed by atoms with Crippen LogP contribution in [0, 0.1) is 13.8 Å². The monoisotopic (exact) mass is 394 g/mol. The highest BCUT2D eigenvalue weighted by atomic mass is 16.4. The van der Waals surface area contributed by atoms with Crippen molar-refractivity contribution in [2.75, 3.05) is 5.32 Å². The normalized spacial score (nSPS) is 11.9. The van der Waals surface area contributed by atoms with E-state index in [1.54, 1.807) is 18.2 Å². The largest absolute Gasteiger partial charge is 0.441 e. The van der Waals surface area contributed by atoms with Gasteiger partial charge in [-0.05, 0) is 55.3 Å². The Morgan fingerprint density at radius 2 is 1.63 bits per heavy atom. The van der Waals surface area contributed by atoms with Crippen LogP contribution >= 0.6 is 0 Å². The van der Waals surface area contributed by atoms with E-state index in [0.717, 1.165) is 28.1 Å². The summed E-state index contributed by atoms with van der Waals surface area (Å²) in [6, 6.07) is 20.1. The second-order valence-electron chi connectivity index (χ2n) is 7.33. The standard InChI is InChI=1S/C25H18N2O3/c1-14-15(2)30-25(26-14)17-6-5-7-18(12-17)27-24(29)16-10-11-20-19-8-3-4-9-21(19)23(28)22(20)13-16/h3-13H,1-2H3,(H,27,29). The van der Waals surface area contributed by atoms with Gasteiger partial charge in [-0.1, -0.05) is 36.4 Å². The lowest BCUT2D eigenvalue weighted by Crippen LogP contribution is -2.12. The molecule has 5 nitrogen and oxygen atoms in total. The van der Waals surface area contributed by atoms with Crippen LogP contribution < -0.4 is 5.32 Å². The van der Waals surface area contributed by atoms with Gasteiger partial charge in [-0.15, -0.1) is 0 Å². The highest BCUT2D eigenvalue weighted by Crippen LogP contribution is 2.36. The van der Waals surface area contributed by atoms with Gasteiger partial charge in [0, 0.05) is 27.9 Å². The van der Waals surface area contributed by atoms with Gasteiger partial charge in [-0.2, -0.15) is 0 Å². The second kappa shape index (κ2) is 6.81. The van der Waals surface area contributed by atoms with Gasteiger partial charge < -0.3 is 9.73 Å². The Morgan fingerprint density at radius 1 is 0.867 bits per heavy atom. The van der Waals surface area contributed by atoms with E-state index in [0.29, 0.717) is 28.3 Å². The van der Waals surface area contributed by atoms with Crippen LogP contribution in [0.25, 0.3) is 22.6 Å². The van der Waals surface area contributed by atoms with Gasteiger partial charge >= 0.3 is 0 Å². The van der Waals surface area contributed by atoms with Crippen molar-refractivity contribution < 1.29 is 14.0 Å². The Labute approximate surface area is 173 Å². The molecule has 1 aliphatic rings. The molecule has 0 saturated carbocycles. The summed E-state index contributed by atoms with van der Waals surface area (Å²) in [4.78, 5) is 30.0. The van der Waals surface area contributed by atoms with Crippen molar-refractivity contribution in [3.63, 3.8) is 0 Å². The highest BCUT2D eigenvalue weighted by molar-refractivity contribution is 6.22. The van der Waals surface area contributed by atoms with Crippen molar-refractivity contribution in [1.29, 1.82) is 0 Å². The van der Waals surface area contributed by atoms with E-state index < -0.39 is 0 Å². The van der Waals surface area contributed by atoms with Crippen LogP contribution in [0.3, 0.4) is 0 Å². The average molecular weight is 394 g/mol. The SMILES string of the molecule is Cc1nc(-c2cccc(NC(=O)c3ccc4c(c3)C(=O)c3ccccc3-4)c2)oc1C. The highest BCUT2D eigenvalue weighted by Gasteiger charge is 2.27. The van der Waals surface area contributed by atoms with E-state index in [2.05, 4.69) is 10.3 Å². The van der Waals surface area contributed by atoms with Crippen LogP contribution in [0.2, 0.25) is 0 Å². The Bertz CT molecular complexity index is 1310. The third-order valence-corrected chi connectivity index (χ3v) is 5.38. The van der Waals surface area contributed by atoms with E-state index in [9.17, 15) is 9.59 Å². The third-order valence-electron chi connectivity index (χ3n) is 5.38. The molecule has 3 aromatic carbocycles. The number of carbonyl (C=O) groups is 2. The van der Waals surface area contributed by atoms with Gasteiger partial charge in [0.05, 0.1) is 5.69 Å². The summed E-state index contributed by atoms with van der Waals surface area (Å²) in [6.07, 6.45) is 0. The van der Waals surface area contributed by atoms with Crippen molar-refractivity contribution in [3.05, 3.63) is 94.9 Å². The van der Waals surface area contributed by atoms with Crippen molar-refractivity contribution >= 4 is 17.4 Å². The molecule has 0 spiro atoms. The van der Waals surface area contributed by atoms with Crippen molar-refractivity contribution in [1.82, 2.24) is 4.98 Å². The van der Waals surface area contributed by atoms with Gasteiger partial charge in [-0.3, -0.25) is 9.59 Å². The van der Waals surface area contributed by atoms with E-state index >= 15 is 0 Å². The summed E-state index contributed by atoms with van der Waals surface area (Å²) in [5.41, 5.74) is 5.69. The number of amides is 1. The van der Waals surface area contributed by atoms with Crippen molar-refractivity contribution in [3.8, 4) is 22.6 Å². The summed E-state index contributed by atoms with van der Waals surface area (Å²) in [5, 5.41) is 2.90. The number of hydrogen-bond acceptors (Lipinski definition) is 4. The number of ketones is 1. The number of benzene rings is 3. The topological polar surface area (TPSA) is 72.2 Å². The Balaban J connectivity index is 1.42. The quantitative estimate of drug-likeness (QED) is 0.443. The first-order valence-electron chi connectivity index (χ1n) is 9.65. The van der Waals surface area contributed by atoms with E-state index in [-0.39, 0.29) is 11.7 Å². The maximum Gasteiger partial charge on any atom is 0.255 e. The Hall–Kier alpha value is -3.99. The first kappa shape index (κ1) is 18.1. The predicted molar refractivity (Wildman–Crippen MR) is 115 cm³/mol.